The van der Waals surface area contributed by atoms with E-state index >= 15 is 0 Å². The summed E-state index contributed by atoms with van der Waals surface area (Å²) in [7, 11) is 0. The minimum atomic E-state index is 0.674. The number of nitrogens with one attached hydrogen (secondary N) is 1. The van der Waals surface area contributed by atoms with Crippen molar-refractivity contribution in [2.75, 3.05) is 5.32 Å². The number of anilines is 1. The largest absolute Gasteiger partial charge is 0.379 e. The lowest BCUT2D eigenvalue weighted by atomic mass is 10.1. The monoisotopic (exact) mass is 254 g/mol. The molecule has 4 heteroatoms. The fourth-order valence-corrected chi connectivity index (χ4v) is 2.08. The van der Waals surface area contributed by atoms with Crippen molar-refractivity contribution >= 4 is 5.69 Å². The molecular formula is C15H18N4. The standard InChI is InChI=1S/C15H18N4/c1-4-19-14(7-12(3)18-19)10-17-15-8-13(9-16)6-5-11(15)2/h5-8,17H,4,10H2,1-3H3. The predicted octanol–water partition coefficient (Wildman–Crippen LogP) is 3.00. The fraction of sp³-hybridized carbons (Fsp3) is 0.333. The Bertz CT molecular complexity index is 620. The van der Waals surface area contributed by atoms with Gasteiger partial charge >= 0.3 is 0 Å². The first kappa shape index (κ1) is 13.2. The number of nitriles is 1. The molecule has 0 saturated heterocycles. The second-order valence-electron chi connectivity index (χ2n) is 4.59. The van der Waals surface area contributed by atoms with Gasteiger partial charge in [0.2, 0.25) is 0 Å². The number of hydrogen-bond acceptors (Lipinski definition) is 3. The van der Waals surface area contributed by atoms with E-state index in [1.165, 1.54) is 0 Å². The minimum Gasteiger partial charge on any atom is -0.379 e. The summed E-state index contributed by atoms with van der Waals surface area (Å²) in [6.07, 6.45) is 0. The zero-order chi connectivity index (χ0) is 13.8. The molecule has 0 unspecified atom stereocenters. The van der Waals surface area contributed by atoms with Gasteiger partial charge in [-0.25, -0.2) is 0 Å². The zero-order valence-corrected chi connectivity index (χ0v) is 11.6. The molecule has 0 fully saturated rings. The highest BCUT2D eigenvalue weighted by atomic mass is 15.3. The van der Waals surface area contributed by atoms with Crippen molar-refractivity contribution in [3.8, 4) is 6.07 Å². The van der Waals surface area contributed by atoms with Crippen LogP contribution < -0.4 is 5.32 Å². The molecule has 0 aliphatic carbocycles. The lowest BCUT2D eigenvalue weighted by Crippen LogP contribution is -2.08. The average molecular weight is 254 g/mol. The minimum absolute atomic E-state index is 0.674. The van der Waals surface area contributed by atoms with Crippen molar-refractivity contribution in [1.82, 2.24) is 9.78 Å². The Balaban J connectivity index is 2.16. The van der Waals surface area contributed by atoms with Crippen LogP contribution in [0, 0.1) is 25.2 Å². The van der Waals surface area contributed by atoms with E-state index in [2.05, 4.69) is 29.5 Å². The van der Waals surface area contributed by atoms with E-state index < -0.39 is 0 Å². The van der Waals surface area contributed by atoms with Gasteiger partial charge in [-0.3, -0.25) is 4.68 Å². The topological polar surface area (TPSA) is 53.6 Å². The van der Waals surface area contributed by atoms with Gasteiger partial charge < -0.3 is 5.32 Å². The highest BCUT2D eigenvalue weighted by Gasteiger charge is 2.05. The molecular weight excluding hydrogens is 236 g/mol. The van der Waals surface area contributed by atoms with E-state index in [0.717, 1.165) is 29.2 Å². The van der Waals surface area contributed by atoms with E-state index in [0.29, 0.717) is 12.1 Å². The Morgan fingerprint density at radius 1 is 1.32 bits per heavy atom. The molecule has 0 aliphatic rings. The lowest BCUT2D eigenvalue weighted by molar-refractivity contribution is 0.623. The Kier molecular flexibility index (Phi) is 3.86. The second-order valence-corrected chi connectivity index (χ2v) is 4.59. The van der Waals surface area contributed by atoms with Gasteiger partial charge in [0.05, 0.1) is 29.6 Å². The summed E-state index contributed by atoms with van der Waals surface area (Å²) in [6, 6.07) is 9.92. The lowest BCUT2D eigenvalue weighted by Gasteiger charge is -2.10. The van der Waals surface area contributed by atoms with Crippen LogP contribution in [0.4, 0.5) is 5.69 Å². The van der Waals surface area contributed by atoms with Crippen LogP contribution in [0.15, 0.2) is 24.3 Å². The van der Waals surface area contributed by atoms with Gasteiger partial charge in [-0.1, -0.05) is 6.07 Å². The molecule has 1 aromatic carbocycles. The van der Waals surface area contributed by atoms with E-state index in [1.807, 2.05) is 36.7 Å². The molecule has 0 saturated carbocycles. The first-order valence-corrected chi connectivity index (χ1v) is 6.42. The van der Waals surface area contributed by atoms with E-state index in [-0.39, 0.29) is 0 Å². The van der Waals surface area contributed by atoms with Gasteiger partial charge in [-0.2, -0.15) is 10.4 Å². The van der Waals surface area contributed by atoms with Gasteiger partial charge in [0.25, 0.3) is 0 Å². The summed E-state index contributed by atoms with van der Waals surface area (Å²) >= 11 is 0. The zero-order valence-electron chi connectivity index (χ0n) is 11.6. The average Bonchev–Trinajstić information content (AvgIpc) is 2.78. The highest BCUT2D eigenvalue weighted by Crippen LogP contribution is 2.17. The first-order chi connectivity index (χ1) is 9.13. The Hall–Kier alpha value is -2.28. The van der Waals surface area contributed by atoms with Crippen molar-refractivity contribution in [3.63, 3.8) is 0 Å². The quantitative estimate of drug-likeness (QED) is 0.912. The molecule has 2 aromatic rings. The fourth-order valence-electron chi connectivity index (χ4n) is 2.08. The maximum atomic E-state index is 8.93. The van der Waals surface area contributed by atoms with Crippen LogP contribution in [0.1, 0.15) is 29.4 Å². The van der Waals surface area contributed by atoms with Crippen LogP contribution in [-0.4, -0.2) is 9.78 Å². The third-order valence-corrected chi connectivity index (χ3v) is 3.11. The number of rotatable bonds is 4. The number of nitrogens with zero attached hydrogens (tertiary/aromatic N) is 3. The SMILES string of the molecule is CCn1nc(C)cc1CNc1cc(C#N)ccc1C. The molecule has 1 aromatic heterocycles. The molecule has 19 heavy (non-hydrogen) atoms. The molecule has 98 valence electrons. The molecule has 0 aliphatic heterocycles. The van der Waals surface area contributed by atoms with Crippen LogP contribution in [0.5, 0.6) is 0 Å². The van der Waals surface area contributed by atoms with Gasteiger partial charge in [-0.05, 0) is 44.5 Å². The third kappa shape index (κ3) is 2.94. The first-order valence-electron chi connectivity index (χ1n) is 6.42. The Morgan fingerprint density at radius 2 is 2.11 bits per heavy atom. The Labute approximate surface area is 113 Å². The maximum Gasteiger partial charge on any atom is 0.0992 e. The summed E-state index contributed by atoms with van der Waals surface area (Å²) < 4.78 is 1.99. The summed E-state index contributed by atoms with van der Waals surface area (Å²) in [6.45, 7) is 7.69. The van der Waals surface area contributed by atoms with Gasteiger partial charge in [-0.15, -0.1) is 0 Å². The summed E-state index contributed by atoms with van der Waals surface area (Å²) in [5.74, 6) is 0. The van der Waals surface area contributed by atoms with Crippen LogP contribution >= 0.6 is 0 Å². The number of aryl methyl sites for hydroxylation is 3. The van der Waals surface area contributed by atoms with E-state index in [4.69, 9.17) is 5.26 Å². The van der Waals surface area contributed by atoms with Crippen molar-refractivity contribution in [1.29, 1.82) is 5.26 Å². The highest BCUT2D eigenvalue weighted by molar-refractivity contribution is 5.55. The molecule has 2 rings (SSSR count). The van der Waals surface area contributed by atoms with Crippen molar-refractivity contribution < 1.29 is 0 Å². The second kappa shape index (κ2) is 5.57. The van der Waals surface area contributed by atoms with E-state index in [9.17, 15) is 0 Å². The van der Waals surface area contributed by atoms with Gasteiger partial charge in [0, 0.05) is 12.2 Å². The molecule has 1 N–H and O–H groups in total. The van der Waals surface area contributed by atoms with Gasteiger partial charge in [0.15, 0.2) is 0 Å². The van der Waals surface area contributed by atoms with Crippen LogP contribution in [0.25, 0.3) is 0 Å². The number of benzene rings is 1. The number of aromatic nitrogens is 2. The molecule has 0 radical (unpaired) electrons. The summed E-state index contributed by atoms with van der Waals surface area (Å²) in [4.78, 5) is 0. The normalized spacial score (nSPS) is 10.2. The molecule has 1 heterocycles. The van der Waals surface area contributed by atoms with Crippen molar-refractivity contribution in [3.05, 3.63) is 46.8 Å². The Morgan fingerprint density at radius 3 is 2.79 bits per heavy atom. The van der Waals surface area contributed by atoms with Gasteiger partial charge in [0.1, 0.15) is 0 Å². The molecule has 0 spiro atoms. The van der Waals surface area contributed by atoms with E-state index in [1.54, 1.807) is 0 Å². The molecule has 4 nitrogen and oxygen atoms in total. The van der Waals surface area contributed by atoms with Crippen LogP contribution in [-0.2, 0) is 13.1 Å². The predicted molar refractivity (Wildman–Crippen MR) is 75.9 cm³/mol. The number of hydrogen-bond donors (Lipinski definition) is 1. The van der Waals surface area contributed by atoms with Crippen molar-refractivity contribution in [2.24, 2.45) is 0 Å². The van der Waals surface area contributed by atoms with Crippen LogP contribution in [0.3, 0.4) is 0 Å². The smallest absolute Gasteiger partial charge is 0.0992 e. The summed E-state index contributed by atoms with van der Waals surface area (Å²) in [5, 5.41) is 16.7. The maximum absolute atomic E-state index is 8.93. The summed E-state index contributed by atoms with van der Waals surface area (Å²) in [5.41, 5.74) is 5.00. The van der Waals surface area contributed by atoms with Crippen LogP contribution in [0.2, 0.25) is 0 Å². The van der Waals surface area contributed by atoms with Crippen molar-refractivity contribution in [2.45, 2.75) is 33.9 Å². The molecule has 0 bridgehead atoms. The molecule has 0 atom stereocenters. The molecule has 0 amide bonds. The third-order valence-electron chi connectivity index (χ3n) is 3.11.